The number of hydrogen-bond acceptors (Lipinski definition) is 2. The fourth-order valence-corrected chi connectivity index (χ4v) is 2.53. The van der Waals surface area contributed by atoms with Crippen molar-refractivity contribution in [3.8, 4) is 0 Å². The molecule has 2 rings (SSSR count). The van der Waals surface area contributed by atoms with Gasteiger partial charge in [-0.2, -0.15) is 0 Å². The van der Waals surface area contributed by atoms with Crippen molar-refractivity contribution in [1.82, 2.24) is 4.90 Å². The van der Waals surface area contributed by atoms with E-state index in [9.17, 15) is 4.79 Å². The van der Waals surface area contributed by atoms with Crippen molar-refractivity contribution >= 4 is 34.9 Å². The average molecular weight is 302 g/mol. The Kier molecular flexibility index (Phi) is 4.55. The van der Waals surface area contributed by atoms with Gasteiger partial charge in [-0.3, -0.25) is 0 Å². The number of rotatable bonds is 2. The molecule has 0 aromatic heterocycles. The molecule has 104 valence electrons. The Morgan fingerprint density at radius 1 is 1.53 bits per heavy atom. The van der Waals surface area contributed by atoms with Gasteiger partial charge < -0.3 is 16.0 Å². The lowest BCUT2D eigenvalue weighted by Crippen LogP contribution is -2.35. The lowest BCUT2D eigenvalue weighted by Gasteiger charge is -2.19. The number of carbonyl (C=O) groups is 1. The summed E-state index contributed by atoms with van der Waals surface area (Å²) in [5, 5.41) is 3.79. The summed E-state index contributed by atoms with van der Waals surface area (Å²) in [6.45, 7) is 3.37. The predicted octanol–water partition coefficient (Wildman–Crippen LogP) is 3.19. The third-order valence-electron chi connectivity index (χ3n) is 3.43. The Balaban J connectivity index is 2.00. The second-order valence-electron chi connectivity index (χ2n) is 4.91. The summed E-state index contributed by atoms with van der Waals surface area (Å²) in [5.41, 5.74) is 6.39. The molecule has 1 heterocycles. The Labute approximate surface area is 122 Å². The van der Waals surface area contributed by atoms with Crippen molar-refractivity contribution in [2.45, 2.75) is 19.4 Å². The van der Waals surface area contributed by atoms with Crippen LogP contribution in [0.5, 0.6) is 0 Å². The molecule has 0 saturated carbocycles. The topological polar surface area (TPSA) is 58.4 Å². The van der Waals surface area contributed by atoms with Crippen molar-refractivity contribution in [3.05, 3.63) is 28.2 Å². The summed E-state index contributed by atoms with van der Waals surface area (Å²) in [7, 11) is 0. The second-order valence-corrected chi connectivity index (χ2v) is 5.75. The fourth-order valence-electron chi connectivity index (χ4n) is 2.19. The van der Waals surface area contributed by atoms with E-state index in [4.69, 9.17) is 28.9 Å². The van der Waals surface area contributed by atoms with Gasteiger partial charge in [0.15, 0.2) is 0 Å². The van der Waals surface area contributed by atoms with E-state index >= 15 is 0 Å². The molecule has 6 heteroatoms. The van der Waals surface area contributed by atoms with Gasteiger partial charge in [0.25, 0.3) is 0 Å². The van der Waals surface area contributed by atoms with Gasteiger partial charge in [0.05, 0.1) is 10.7 Å². The summed E-state index contributed by atoms with van der Waals surface area (Å²) in [6, 6.07) is 4.93. The summed E-state index contributed by atoms with van der Waals surface area (Å²) < 4.78 is 0. The molecule has 1 aromatic carbocycles. The number of amides is 2. The summed E-state index contributed by atoms with van der Waals surface area (Å²) >= 11 is 11.9. The van der Waals surface area contributed by atoms with E-state index in [0.717, 1.165) is 13.0 Å². The van der Waals surface area contributed by atoms with Crippen LogP contribution in [0.1, 0.15) is 13.3 Å². The van der Waals surface area contributed by atoms with Crippen LogP contribution in [0.3, 0.4) is 0 Å². The Morgan fingerprint density at radius 3 is 2.89 bits per heavy atom. The number of anilines is 1. The Bertz CT molecular complexity index is 479. The molecule has 1 aliphatic rings. The standard InChI is InChI=1S/C13H17Cl2N3O/c1-8(16)9-4-5-18(7-9)13(19)17-12-6-10(14)2-3-11(12)15/h2-3,6,8-9H,4-5,7,16H2,1H3,(H,17,19). The zero-order valence-corrected chi connectivity index (χ0v) is 12.2. The summed E-state index contributed by atoms with van der Waals surface area (Å²) in [6.07, 6.45) is 0.939. The summed E-state index contributed by atoms with van der Waals surface area (Å²) in [4.78, 5) is 13.9. The van der Waals surface area contributed by atoms with Crippen LogP contribution in [0.4, 0.5) is 10.5 Å². The maximum Gasteiger partial charge on any atom is 0.321 e. The van der Waals surface area contributed by atoms with E-state index in [-0.39, 0.29) is 12.1 Å². The molecule has 1 fully saturated rings. The number of nitrogens with two attached hydrogens (primary N) is 1. The minimum atomic E-state index is -0.160. The fraction of sp³-hybridized carbons (Fsp3) is 0.462. The average Bonchev–Trinajstić information content (AvgIpc) is 2.83. The van der Waals surface area contributed by atoms with E-state index in [1.54, 1.807) is 23.1 Å². The number of urea groups is 1. The molecular weight excluding hydrogens is 285 g/mol. The Morgan fingerprint density at radius 2 is 2.26 bits per heavy atom. The van der Waals surface area contributed by atoms with E-state index in [1.807, 2.05) is 6.92 Å². The molecule has 0 aliphatic carbocycles. The van der Waals surface area contributed by atoms with E-state index < -0.39 is 0 Å². The maximum absolute atomic E-state index is 12.1. The van der Waals surface area contributed by atoms with Crippen LogP contribution >= 0.6 is 23.2 Å². The quantitative estimate of drug-likeness (QED) is 0.881. The van der Waals surface area contributed by atoms with Crippen LogP contribution in [0.25, 0.3) is 0 Å². The van der Waals surface area contributed by atoms with Crippen molar-refractivity contribution in [2.75, 3.05) is 18.4 Å². The van der Waals surface area contributed by atoms with E-state index in [0.29, 0.717) is 28.2 Å². The van der Waals surface area contributed by atoms with Gasteiger partial charge in [-0.1, -0.05) is 23.2 Å². The van der Waals surface area contributed by atoms with Crippen LogP contribution < -0.4 is 11.1 Å². The lowest BCUT2D eigenvalue weighted by molar-refractivity contribution is 0.220. The molecule has 3 N–H and O–H groups in total. The van der Waals surface area contributed by atoms with Crippen LogP contribution in [0.2, 0.25) is 10.0 Å². The third kappa shape index (κ3) is 3.53. The number of likely N-dealkylation sites (tertiary alicyclic amines) is 1. The maximum atomic E-state index is 12.1. The molecular formula is C13H17Cl2N3O. The van der Waals surface area contributed by atoms with Crippen molar-refractivity contribution in [3.63, 3.8) is 0 Å². The van der Waals surface area contributed by atoms with Crippen molar-refractivity contribution < 1.29 is 4.79 Å². The molecule has 2 unspecified atom stereocenters. The van der Waals surface area contributed by atoms with Crippen LogP contribution in [-0.4, -0.2) is 30.1 Å². The normalized spacial score (nSPS) is 20.4. The monoisotopic (exact) mass is 301 g/mol. The molecule has 19 heavy (non-hydrogen) atoms. The number of hydrogen-bond donors (Lipinski definition) is 2. The van der Waals surface area contributed by atoms with Gasteiger partial charge in [-0.05, 0) is 37.5 Å². The van der Waals surface area contributed by atoms with Gasteiger partial charge in [0.2, 0.25) is 0 Å². The molecule has 2 amide bonds. The largest absolute Gasteiger partial charge is 0.328 e. The lowest BCUT2D eigenvalue weighted by atomic mass is 10.0. The zero-order chi connectivity index (χ0) is 14.0. The zero-order valence-electron chi connectivity index (χ0n) is 10.7. The van der Waals surface area contributed by atoms with Crippen molar-refractivity contribution in [2.24, 2.45) is 11.7 Å². The molecule has 2 atom stereocenters. The van der Waals surface area contributed by atoms with E-state index in [1.165, 1.54) is 0 Å². The van der Waals surface area contributed by atoms with Gasteiger partial charge >= 0.3 is 6.03 Å². The first-order chi connectivity index (χ1) is 8.97. The van der Waals surface area contributed by atoms with Crippen LogP contribution in [-0.2, 0) is 0 Å². The molecule has 4 nitrogen and oxygen atoms in total. The van der Waals surface area contributed by atoms with Crippen LogP contribution in [0, 0.1) is 5.92 Å². The highest BCUT2D eigenvalue weighted by atomic mass is 35.5. The first-order valence-electron chi connectivity index (χ1n) is 6.24. The predicted molar refractivity (Wildman–Crippen MR) is 78.8 cm³/mol. The number of benzene rings is 1. The molecule has 0 radical (unpaired) electrons. The number of nitrogens with zero attached hydrogens (tertiary/aromatic N) is 1. The molecule has 1 aliphatic heterocycles. The number of halogens is 2. The number of nitrogens with one attached hydrogen (secondary N) is 1. The van der Waals surface area contributed by atoms with Crippen LogP contribution in [0.15, 0.2) is 18.2 Å². The molecule has 1 aromatic rings. The SMILES string of the molecule is CC(N)C1CCN(C(=O)Nc2cc(Cl)ccc2Cl)C1. The van der Waals surface area contributed by atoms with E-state index in [2.05, 4.69) is 5.32 Å². The first-order valence-corrected chi connectivity index (χ1v) is 6.99. The van der Waals surface area contributed by atoms with Gasteiger partial charge in [-0.15, -0.1) is 0 Å². The smallest absolute Gasteiger partial charge is 0.321 e. The minimum absolute atomic E-state index is 0.104. The third-order valence-corrected chi connectivity index (χ3v) is 3.99. The highest BCUT2D eigenvalue weighted by Crippen LogP contribution is 2.26. The Hall–Kier alpha value is -0.970. The van der Waals surface area contributed by atoms with Gasteiger partial charge in [-0.25, -0.2) is 4.79 Å². The summed E-state index contributed by atoms with van der Waals surface area (Å²) in [5.74, 6) is 0.362. The first kappa shape index (κ1) is 14.4. The van der Waals surface area contributed by atoms with Crippen molar-refractivity contribution in [1.29, 1.82) is 0 Å². The van der Waals surface area contributed by atoms with Gasteiger partial charge in [0.1, 0.15) is 0 Å². The molecule has 0 bridgehead atoms. The highest BCUT2D eigenvalue weighted by Gasteiger charge is 2.28. The minimum Gasteiger partial charge on any atom is -0.328 e. The van der Waals surface area contributed by atoms with Gasteiger partial charge in [0, 0.05) is 24.2 Å². The molecule has 0 spiro atoms. The number of carbonyl (C=O) groups excluding carboxylic acids is 1. The second kappa shape index (κ2) is 5.99. The molecule has 1 saturated heterocycles. The highest BCUT2D eigenvalue weighted by molar-refractivity contribution is 6.35.